The van der Waals surface area contributed by atoms with Gasteiger partial charge in [-0.15, -0.1) is 0 Å². The fraction of sp³-hybridized carbons (Fsp3) is 0.773. The minimum Gasteiger partial charge on any atom is -0.468 e. The van der Waals surface area contributed by atoms with Crippen LogP contribution in [0.1, 0.15) is 64.7 Å². The van der Waals surface area contributed by atoms with E-state index >= 15 is 0 Å². The van der Waals surface area contributed by atoms with Crippen molar-refractivity contribution in [2.45, 2.75) is 58.9 Å². The van der Waals surface area contributed by atoms with Crippen LogP contribution in [0.15, 0.2) is 27.8 Å². The molecular formula is C22H40N4O2. The number of aliphatic hydroxyl groups is 1. The Bertz CT molecular complexity index is 539. The van der Waals surface area contributed by atoms with Crippen molar-refractivity contribution in [3.63, 3.8) is 0 Å². The molecule has 1 fully saturated rings. The molecule has 1 aromatic rings. The second-order valence-electron chi connectivity index (χ2n) is 8.24. The summed E-state index contributed by atoms with van der Waals surface area (Å²) in [4.78, 5) is 7.34. The van der Waals surface area contributed by atoms with Crippen LogP contribution >= 0.6 is 0 Å². The minimum atomic E-state index is 0.225. The van der Waals surface area contributed by atoms with Crippen molar-refractivity contribution >= 4 is 5.96 Å². The molecule has 1 aliphatic heterocycles. The molecule has 6 nitrogen and oxygen atoms in total. The molecule has 3 N–H and O–H groups in total. The summed E-state index contributed by atoms with van der Waals surface area (Å²) >= 11 is 0. The summed E-state index contributed by atoms with van der Waals surface area (Å²) in [6, 6.07) is 4.27. The first-order valence-electron chi connectivity index (χ1n) is 11.0. The first-order chi connectivity index (χ1) is 13.6. The third kappa shape index (κ3) is 7.84. The van der Waals surface area contributed by atoms with E-state index < -0.39 is 0 Å². The Morgan fingerprint density at radius 1 is 1.25 bits per heavy atom. The van der Waals surface area contributed by atoms with Gasteiger partial charge in [0.05, 0.1) is 12.3 Å². The number of hydrogen-bond donors (Lipinski definition) is 3. The van der Waals surface area contributed by atoms with Gasteiger partial charge in [-0.3, -0.25) is 9.89 Å². The SMILES string of the molecule is CCNC(=NCC(CCO)CC(C)C)NCC(c1ccco1)N1CCCCC1. The van der Waals surface area contributed by atoms with Crippen LogP contribution in [-0.2, 0) is 0 Å². The summed E-state index contributed by atoms with van der Waals surface area (Å²) in [5.41, 5.74) is 0. The molecule has 6 heteroatoms. The summed E-state index contributed by atoms with van der Waals surface area (Å²) in [6.07, 6.45) is 7.49. The van der Waals surface area contributed by atoms with E-state index in [9.17, 15) is 5.11 Å². The van der Waals surface area contributed by atoms with Gasteiger partial charge in [0.1, 0.15) is 5.76 Å². The molecule has 0 saturated carbocycles. The first kappa shape index (κ1) is 22.8. The Kier molecular flexibility index (Phi) is 10.4. The second-order valence-corrected chi connectivity index (χ2v) is 8.24. The van der Waals surface area contributed by atoms with Crippen molar-refractivity contribution in [1.82, 2.24) is 15.5 Å². The summed E-state index contributed by atoms with van der Waals surface area (Å²) in [5.74, 6) is 2.90. The summed E-state index contributed by atoms with van der Waals surface area (Å²) in [5, 5.41) is 16.2. The third-order valence-electron chi connectivity index (χ3n) is 5.36. The number of nitrogens with zero attached hydrogens (tertiary/aromatic N) is 2. The van der Waals surface area contributed by atoms with E-state index in [-0.39, 0.29) is 12.6 Å². The van der Waals surface area contributed by atoms with E-state index in [1.165, 1.54) is 19.3 Å². The number of guanidine groups is 1. The van der Waals surface area contributed by atoms with Crippen LogP contribution in [0.4, 0.5) is 0 Å². The molecule has 0 aromatic carbocycles. The smallest absolute Gasteiger partial charge is 0.191 e. The van der Waals surface area contributed by atoms with Gasteiger partial charge in [0, 0.05) is 26.2 Å². The lowest BCUT2D eigenvalue weighted by Gasteiger charge is -2.33. The molecule has 1 saturated heterocycles. The van der Waals surface area contributed by atoms with Crippen LogP contribution in [0.2, 0.25) is 0 Å². The molecule has 1 aromatic heterocycles. The number of rotatable bonds is 11. The van der Waals surface area contributed by atoms with E-state index in [1.807, 2.05) is 6.07 Å². The van der Waals surface area contributed by atoms with Gasteiger partial charge in [-0.05, 0) is 69.7 Å². The van der Waals surface area contributed by atoms with Gasteiger partial charge in [-0.25, -0.2) is 0 Å². The first-order valence-corrected chi connectivity index (χ1v) is 11.0. The Morgan fingerprint density at radius 3 is 2.64 bits per heavy atom. The molecule has 0 amide bonds. The molecule has 2 rings (SSSR count). The summed E-state index contributed by atoms with van der Waals surface area (Å²) in [6.45, 7) is 11.3. The minimum absolute atomic E-state index is 0.225. The number of furan rings is 1. The predicted molar refractivity (Wildman–Crippen MR) is 116 cm³/mol. The number of aliphatic hydroxyl groups excluding tert-OH is 1. The monoisotopic (exact) mass is 392 g/mol. The number of nitrogens with one attached hydrogen (secondary N) is 2. The zero-order chi connectivity index (χ0) is 20.2. The predicted octanol–water partition coefficient (Wildman–Crippen LogP) is 3.41. The lowest BCUT2D eigenvalue weighted by molar-refractivity contribution is 0.146. The zero-order valence-electron chi connectivity index (χ0n) is 18.0. The molecule has 0 aliphatic carbocycles. The normalized spacial score (nSPS) is 18.2. The molecule has 28 heavy (non-hydrogen) atoms. The van der Waals surface area contributed by atoms with Gasteiger partial charge >= 0.3 is 0 Å². The molecule has 0 bridgehead atoms. The number of hydrogen-bond acceptors (Lipinski definition) is 4. The largest absolute Gasteiger partial charge is 0.468 e. The topological polar surface area (TPSA) is 73.0 Å². The molecule has 160 valence electrons. The lowest BCUT2D eigenvalue weighted by atomic mass is 9.94. The maximum Gasteiger partial charge on any atom is 0.191 e. The van der Waals surface area contributed by atoms with Crippen LogP contribution < -0.4 is 10.6 Å². The average Bonchev–Trinajstić information content (AvgIpc) is 3.21. The van der Waals surface area contributed by atoms with Gasteiger partial charge < -0.3 is 20.2 Å². The highest BCUT2D eigenvalue weighted by Crippen LogP contribution is 2.24. The van der Waals surface area contributed by atoms with Crippen LogP contribution in [0, 0.1) is 11.8 Å². The quantitative estimate of drug-likeness (QED) is 0.398. The summed E-state index contributed by atoms with van der Waals surface area (Å²) in [7, 11) is 0. The standard InChI is InChI=1S/C22H40N4O2/c1-4-23-22(24-16-19(10-13-27)15-18(2)3)25-17-20(21-9-8-14-28-21)26-11-6-5-7-12-26/h8-9,14,18-20,27H,4-7,10-13,15-17H2,1-3H3,(H2,23,24,25). The molecule has 2 unspecified atom stereocenters. The van der Waals surface area contributed by atoms with E-state index in [2.05, 4.69) is 42.4 Å². The maximum absolute atomic E-state index is 9.35. The lowest BCUT2D eigenvalue weighted by Crippen LogP contribution is -2.44. The van der Waals surface area contributed by atoms with Gasteiger partial charge in [0.15, 0.2) is 5.96 Å². The van der Waals surface area contributed by atoms with Crippen molar-refractivity contribution in [1.29, 1.82) is 0 Å². The van der Waals surface area contributed by atoms with Crippen LogP contribution in [0.25, 0.3) is 0 Å². The number of aliphatic imine (C=N–C) groups is 1. The van der Waals surface area contributed by atoms with E-state index in [0.717, 1.165) is 57.3 Å². The fourth-order valence-corrected chi connectivity index (χ4v) is 4.01. The van der Waals surface area contributed by atoms with Crippen LogP contribution in [-0.4, -0.2) is 55.3 Å². The Labute approximate surface area is 170 Å². The molecule has 1 aliphatic rings. The van der Waals surface area contributed by atoms with Crippen LogP contribution in [0.3, 0.4) is 0 Å². The highest BCUT2D eigenvalue weighted by molar-refractivity contribution is 5.79. The van der Waals surface area contributed by atoms with Crippen LogP contribution in [0.5, 0.6) is 0 Å². The second kappa shape index (κ2) is 12.8. The molecular weight excluding hydrogens is 352 g/mol. The number of piperidine rings is 1. The van der Waals surface area contributed by atoms with E-state index in [1.54, 1.807) is 6.26 Å². The van der Waals surface area contributed by atoms with E-state index in [0.29, 0.717) is 11.8 Å². The fourth-order valence-electron chi connectivity index (χ4n) is 4.01. The molecule has 0 radical (unpaired) electrons. The Hall–Kier alpha value is -1.53. The summed E-state index contributed by atoms with van der Waals surface area (Å²) < 4.78 is 5.75. The highest BCUT2D eigenvalue weighted by atomic mass is 16.3. The number of likely N-dealkylation sites (tertiary alicyclic amines) is 1. The van der Waals surface area contributed by atoms with Crippen molar-refractivity contribution in [3.8, 4) is 0 Å². The maximum atomic E-state index is 9.35. The average molecular weight is 393 g/mol. The van der Waals surface area contributed by atoms with Gasteiger partial charge in [0.25, 0.3) is 0 Å². The molecule has 2 atom stereocenters. The van der Waals surface area contributed by atoms with Crippen molar-refractivity contribution in [2.75, 3.05) is 39.3 Å². The third-order valence-corrected chi connectivity index (χ3v) is 5.36. The zero-order valence-corrected chi connectivity index (χ0v) is 18.0. The Morgan fingerprint density at radius 2 is 2.04 bits per heavy atom. The van der Waals surface area contributed by atoms with Crippen molar-refractivity contribution in [2.24, 2.45) is 16.8 Å². The molecule has 0 spiro atoms. The van der Waals surface area contributed by atoms with E-state index in [4.69, 9.17) is 9.41 Å². The molecule has 2 heterocycles. The van der Waals surface area contributed by atoms with Gasteiger partial charge in [-0.2, -0.15) is 0 Å². The van der Waals surface area contributed by atoms with Crippen molar-refractivity contribution < 1.29 is 9.52 Å². The highest BCUT2D eigenvalue weighted by Gasteiger charge is 2.24. The van der Waals surface area contributed by atoms with Crippen molar-refractivity contribution in [3.05, 3.63) is 24.2 Å². The van der Waals surface area contributed by atoms with Gasteiger partial charge in [0.2, 0.25) is 0 Å². The Balaban J connectivity index is 1.99. The van der Waals surface area contributed by atoms with Gasteiger partial charge in [-0.1, -0.05) is 20.3 Å².